The second-order valence-electron chi connectivity index (χ2n) is 4.28. The summed E-state index contributed by atoms with van der Waals surface area (Å²) in [7, 11) is -1.39. The quantitative estimate of drug-likeness (QED) is 0.737. The van der Waals surface area contributed by atoms with Crippen molar-refractivity contribution in [1.82, 2.24) is 0 Å². The topological polar surface area (TPSA) is 55.4 Å². The number of hydrogen-bond acceptors (Lipinski definition) is 4. The molecule has 1 rings (SSSR count). The van der Waals surface area contributed by atoms with Gasteiger partial charge in [0.05, 0.1) is 4.90 Å². The van der Waals surface area contributed by atoms with Crippen LogP contribution in [0.5, 0.6) is 0 Å². The van der Waals surface area contributed by atoms with Crippen molar-refractivity contribution in [2.24, 2.45) is 0 Å². The number of nitrogens with one attached hydrogen (secondary N) is 1. The Balaban J connectivity index is 2.32. The van der Waals surface area contributed by atoms with Gasteiger partial charge in [0.1, 0.15) is 0 Å². The number of ether oxygens (including phenoxy) is 1. The van der Waals surface area contributed by atoms with Gasteiger partial charge < -0.3 is 10.1 Å². The molecule has 0 fully saturated rings. The van der Waals surface area contributed by atoms with Gasteiger partial charge in [-0.15, -0.1) is 0 Å². The van der Waals surface area contributed by atoms with Gasteiger partial charge in [-0.25, -0.2) is 8.42 Å². The number of sulfone groups is 1. The van der Waals surface area contributed by atoms with Crippen LogP contribution in [0.25, 0.3) is 0 Å². The number of anilines is 1. The first kappa shape index (κ1) is 15.0. The third-order valence-electron chi connectivity index (χ3n) is 2.64. The van der Waals surface area contributed by atoms with E-state index in [0.717, 1.165) is 38.1 Å². The van der Waals surface area contributed by atoms with Gasteiger partial charge in [-0.2, -0.15) is 0 Å². The monoisotopic (exact) mass is 271 g/mol. The van der Waals surface area contributed by atoms with Crippen LogP contribution in [-0.4, -0.2) is 34.9 Å². The third kappa shape index (κ3) is 5.51. The van der Waals surface area contributed by atoms with E-state index in [1.807, 2.05) is 0 Å². The Morgan fingerprint density at radius 1 is 1.11 bits per heavy atom. The van der Waals surface area contributed by atoms with E-state index in [1.54, 1.807) is 31.4 Å². The van der Waals surface area contributed by atoms with Crippen molar-refractivity contribution in [3.63, 3.8) is 0 Å². The number of benzene rings is 1. The molecule has 0 saturated heterocycles. The Kier molecular flexibility index (Phi) is 6.15. The largest absolute Gasteiger partial charge is 0.385 e. The van der Waals surface area contributed by atoms with E-state index >= 15 is 0 Å². The molecule has 0 aliphatic heterocycles. The van der Waals surface area contributed by atoms with Crippen LogP contribution < -0.4 is 5.32 Å². The number of methoxy groups -OCH3 is 1. The highest BCUT2D eigenvalue weighted by Gasteiger charge is 2.05. The summed E-state index contributed by atoms with van der Waals surface area (Å²) in [5.74, 6) is 0. The zero-order valence-electron chi connectivity index (χ0n) is 11.0. The summed E-state index contributed by atoms with van der Waals surface area (Å²) >= 11 is 0. The number of hydrogen-bond donors (Lipinski definition) is 1. The molecule has 4 nitrogen and oxygen atoms in total. The van der Waals surface area contributed by atoms with Crippen LogP contribution in [-0.2, 0) is 14.6 Å². The first-order valence-electron chi connectivity index (χ1n) is 6.07. The average Bonchev–Trinajstić information content (AvgIpc) is 2.33. The van der Waals surface area contributed by atoms with Crippen LogP contribution in [0.1, 0.15) is 19.3 Å². The summed E-state index contributed by atoms with van der Waals surface area (Å²) in [6.45, 7) is 1.70. The SMILES string of the molecule is COCCCCCNc1ccc(S(C)(=O)=O)cc1. The number of rotatable bonds is 8. The van der Waals surface area contributed by atoms with E-state index in [1.165, 1.54) is 6.26 Å². The first-order chi connectivity index (χ1) is 8.54. The molecule has 102 valence electrons. The lowest BCUT2D eigenvalue weighted by Crippen LogP contribution is -2.03. The smallest absolute Gasteiger partial charge is 0.175 e. The lowest BCUT2D eigenvalue weighted by Gasteiger charge is -2.07. The zero-order chi connectivity index (χ0) is 13.4. The minimum atomic E-state index is -3.10. The molecule has 18 heavy (non-hydrogen) atoms. The highest BCUT2D eigenvalue weighted by molar-refractivity contribution is 7.90. The molecule has 1 aromatic carbocycles. The lowest BCUT2D eigenvalue weighted by molar-refractivity contribution is 0.192. The summed E-state index contributed by atoms with van der Waals surface area (Å²) in [6.07, 6.45) is 4.50. The predicted molar refractivity (Wildman–Crippen MR) is 73.8 cm³/mol. The average molecular weight is 271 g/mol. The highest BCUT2D eigenvalue weighted by Crippen LogP contribution is 2.13. The second-order valence-corrected chi connectivity index (χ2v) is 6.29. The van der Waals surface area contributed by atoms with E-state index in [-0.39, 0.29) is 0 Å². The van der Waals surface area contributed by atoms with Crippen molar-refractivity contribution in [1.29, 1.82) is 0 Å². The molecule has 0 unspecified atom stereocenters. The molecule has 0 aliphatic carbocycles. The Hall–Kier alpha value is -1.07. The van der Waals surface area contributed by atoms with Gasteiger partial charge in [0.15, 0.2) is 9.84 Å². The summed E-state index contributed by atoms with van der Waals surface area (Å²) in [5, 5.41) is 3.26. The van der Waals surface area contributed by atoms with Crippen LogP contribution in [0.3, 0.4) is 0 Å². The molecule has 0 spiro atoms. The molecule has 0 bridgehead atoms. The summed E-state index contributed by atoms with van der Waals surface area (Å²) in [6, 6.07) is 6.85. The van der Waals surface area contributed by atoms with Crippen LogP contribution in [0.2, 0.25) is 0 Å². The van der Waals surface area contributed by atoms with Crippen LogP contribution in [0.4, 0.5) is 5.69 Å². The highest BCUT2D eigenvalue weighted by atomic mass is 32.2. The van der Waals surface area contributed by atoms with Crippen molar-refractivity contribution in [3.05, 3.63) is 24.3 Å². The molecular formula is C13H21NO3S. The molecule has 0 heterocycles. The maximum Gasteiger partial charge on any atom is 0.175 e. The van der Waals surface area contributed by atoms with E-state index < -0.39 is 9.84 Å². The molecular weight excluding hydrogens is 250 g/mol. The van der Waals surface area contributed by atoms with Crippen molar-refractivity contribution >= 4 is 15.5 Å². The van der Waals surface area contributed by atoms with Crippen molar-refractivity contribution in [2.75, 3.05) is 31.8 Å². The Morgan fingerprint density at radius 3 is 2.33 bits per heavy atom. The molecule has 1 N–H and O–H groups in total. The predicted octanol–water partition coefficient (Wildman–Crippen LogP) is 2.32. The molecule has 0 atom stereocenters. The zero-order valence-corrected chi connectivity index (χ0v) is 11.8. The van der Waals surface area contributed by atoms with Crippen LogP contribution >= 0.6 is 0 Å². The van der Waals surface area contributed by atoms with E-state index in [4.69, 9.17) is 4.74 Å². The van der Waals surface area contributed by atoms with Crippen LogP contribution in [0.15, 0.2) is 29.2 Å². The van der Waals surface area contributed by atoms with Gasteiger partial charge in [0, 0.05) is 32.2 Å². The molecule has 0 saturated carbocycles. The van der Waals surface area contributed by atoms with Gasteiger partial charge in [-0.05, 0) is 43.5 Å². The first-order valence-corrected chi connectivity index (χ1v) is 7.96. The van der Waals surface area contributed by atoms with Gasteiger partial charge in [-0.3, -0.25) is 0 Å². The summed E-state index contributed by atoms with van der Waals surface area (Å²) in [4.78, 5) is 0.355. The summed E-state index contributed by atoms with van der Waals surface area (Å²) < 4.78 is 27.5. The fraction of sp³-hybridized carbons (Fsp3) is 0.538. The van der Waals surface area contributed by atoms with E-state index in [9.17, 15) is 8.42 Å². The number of unbranched alkanes of at least 4 members (excludes halogenated alkanes) is 2. The lowest BCUT2D eigenvalue weighted by atomic mass is 10.2. The minimum absolute atomic E-state index is 0.355. The molecule has 0 radical (unpaired) electrons. The van der Waals surface area contributed by atoms with Crippen molar-refractivity contribution < 1.29 is 13.2 Å². The Bertz CT molecular complexity index is 440. The van der Waals surface area contributed by atoms with E-state index in [2.05, 4.69) is 5.32 Å². The molecule has 5 heteroatoms. The Morgan fingerprint density at radius 2 is 1.78 bits per heavy atom. The van der Waals surface area contributed by atoms with Gasteiger partial charge >= 0.3 is 0 Å². The fourth-order valence-corrected chi connectivity index (χ4v) is 2.23. The van der Waals surface area contributed by atoms with Gasteiger partial charge in [-0.1, -0.05) is 0 Å². The van der Waals surface area contributed by atoms with Gasteiger partial charge in [0.2, 0.25) is 0 Å². The maximum atomic E-state index is 11.3. The fourth-order valence-electron chi connectivity index (χ4n) is 1.60. The molecule has 1 aromatic rings. The van der Waals surface area contributed by atoms with Crippen molar-refractivity contribution in [3.8, 4) is 0 Å². The maximum absolute atomic E-state index is 11.3. The van der Waals surface area contributed by atoms with Crippen LogP contribution in [0, 0.1) is 0 Å². The third-order valence-corrected chi connectivity index (χ3v) is 3.77. The molecule has 0 amide bonds. The van der Waals surface area contributed by atoms with Gasteiger partial charge in [0.25, 0.3) is 0 Å². The minimum Gasteiger partial charge on any atom is -0.385 e. The molecule has 0 aliphatic rings. The molecule has 0 aromatic heterocycles. The van der Waals surface area contributed by atoms with E-state index in [0.29, 0.717) is 4.90 Å². The standard InChI is InChI=1S/C13H21NO3S/c1-17-11-5-3-4-10-14-12-6-8-13(9-7-12)18(2,15)16/h6-9,14H,3-5,10-11H2,1-2H3. The Labute approximate surface area is 109 Å². The second kappa shape index (κ2) is 7.38. The van der Waals surface area contributed by atoms with Crippen molar-refractivity contribution in [2.45, 2.75) is 24.2 Å². The summed E-state index contributed by atoms with van der Waals surface area (Å²) in [5.41, 5.74) is 0.953. The normalized spacial score (nSPS) is 11.4.